The maximum Gasteiger partial charge on any atom is 0.248 e. The third-order valence-corrected chi connectivity index (χ3v) is 8.38. The molecule has 1 amide bonds. The minimum atomic E-state index is -0.227. The summed E-state index contributed by atoms with van der Waals surface area (Å²) in [7, 11) is 3.85. The summed E-state index contributed by atoms with van der Waals surface area (Å²) in [6.07, 6.45) is 14.0. The monoisotopic (exact) mass is 540 g/mol. The van der Waals surface area contributed by atoms with E-state index in [0.29, 0.717) is 23.1 Å². The van der Waals surface area contributed by atoms with Crippen molar-refractivity contribution in [1.29, 1.82) is 0 Å². The van der Waals surface area contributed by atoms with Crippen molar-refractivity contribution in [2.75, 3.05) is 49.3 Å². The number of hydrogen-bond donors (Lipinski definition) is 2. The van der Waals surface area contributed by atoms with Gasteiger partial charge in [-0.2, -0.15) is 5.10 Å². The van der Waals surface area contributed by atoms with E-state index in [1.54, 1.807) is 25.5 Å². The number of aromatic nitrogens is 4. The summed E-state index contributed by atoms with van der Waals surface area (Å²) in [4.78, 5) is 26.8. The highest BCUT2D eigenvalue weighted by Gasteiger charge is 2.49. The van der Waals surface area contributed by atoms with Gasteiger partial charge in [-0.15, -0.1) is 0 Å². The Bertz CT molecular complexity index is 1460. The van der Waals surface area contributed by atoms with Gasteiger partial charge in [0.05, 0.1) is 41.6 Å². The average molecular weight is 541 g/mol. The van der Waals surface area contributed by atoms with Crippen LogP contribution in [0.2, 0.25) is 0 Å². The van der Waals surface area contributed by atoms with Crippen LogP contribution >= 0.6 is 0 Å². The predicted molar refractivity (Wildman–Crippen MR) is 157 cm³/mol. The number of carbonyl (C=O) groups excluding carboxylic acids is 1. The Balaban J connectivity index is 1.31. The van der Waals surface area contributed by atoms with E-state index in [-0.39, 0.29) is 11.4 Å². The first-order chi connectivity index (χ1) is 19.5. The molecule has 10 heteroatoms. The zero-order valence-corrected chi connectivity index (χ0v) is 23.2. The largest absolute Gasteiger partial charge is 0.494 e. The van der Waals surface area contributed by atoms with Crippen molar-refractivity contribution < 1.29 is 9.53 Å². The smallest absolute Gasteiger partial charge is 0.248 e. The molecule has 3 aliphatic heterocycles. The lowest BCUT2D eigenvalue weighted by Crippen LogP contribution is -2.67. The van der Waals surface area contributed by atoms with Crippen molar-refractivity contribution in [3.8, 4) is 17.0 Å². The number of benzene rings is 1. The SMILES string of the molecule is C=C/C=C/C(=O)Nc1cc(Nc2nccc(-c3cnn4c3CCCC4)n2)c(OC)cc1N1CC2(CCCN2C)C1. The molecule has 2 N–H and O–H groups in total. The van der Waals surface area contributed by atoms with Crippen LogP contribution < -0.4 is 20.3 Å². The molecule has 6 rings (SSSR count). The molecule has 1 aromatic carbocycles. The summed E-state index contributed by atoms with van der Waals surface area (Å²) in [5.74, 6) is 0.862. The van der Waals surface area contributed by atoms with Crippen LogP contribution in [0.15, 0.2) is 55.4 Å². The van der Waals surface area contributed by atoms with Crippen LogP contribution in [0.25, 0.3) is 11.3 Å². The summed E-state index contributed by atoms with van der Waals surface area (Å²) in [6, 6.07) is 5.79. The molecule has 2 fully saturated rings. The summed E-state index contributed by atoms with van der Waals surface area (Å²) in [5, 5.41) is 10.9. The maximum absolute atomic E-state index is 12.7. The number of amides is 1. The van der Waals surface area contributed by atoms with Crippen molar-refractivity contribution >= 4 is 28.9 Å². The van der Waals surface area contributed by atoms with Crippen molar-refractivity contribution in [3.05, 3.63) is 61.1 Å². The number of aryl methyl sites for hydroxylation is 1. The molecule has 3 aromatic rings. The lowest BCUT2D eigenvalue weighted by Gasteiger charge is -2.53. The van der Waals surface area contributed by atoms with E-state index in [9.17, 15) is 4.79 Å². The second-order valence-corrected chi connectivity index (χ2v) is 10.8. The summed E-state index contributed by atoms with van der Waals surface area (Å²) in [5.41, 5.74) is 5.57. The molecule has 40 heavy (non-hydrogen) atoms. The van der Waals surface area contributed by atoms with Gasteiger partial charge in [0.1, 0.15) is 5.75 Å². The fraction of sp³-hybridized carbons (Fsp3) is 0.400. The number of ether oxygens (including phenoxy) is 1. The van der Waals surface area contributed by atoms with Gasteiger partial charge in [0.2, 0.25) is 11.9 Å². The molecule has 0 aliphatic carbocycles. The first-order valence-corrected chi connectivity index (χ1v) is 13.9. The molecule has 0 saturated carbocycles. The van der Waals surface area contributed by atoms with Gasteiger partial charge in [0, 0.05) is 49.2 Å². The molecular weight excluding hydrogens is 504 g/mol. The van der Waals surface area contributed by atoms with E-state index in [4.69, 9.17) is 9.72 Å². The third kappa shape index (κ3) is 4.83. The van der Waals surface area contributed by atoms with Gasteiger partial charge in [-0.25, -0.2) is 9.97 Å². The number of carbonyl (C=O) groups is 1. The third-order valence-electron chi connectivity index (χ3n) is 8.38. The second kappa shape index (κ2) is 10.8. The number of likely N-dealkylation sites (N-methyl/N-ethyl adjacent to an activating group) is 1. The van der Waals surface area contributed by atoms with Gasteiger partial charge >= 0.3 is 0 Å². The van der Waals surface area contributed by atoms with Crippen molar-refractivity contribution in [1.82, 2.24) is 24.6 Å². The van der Waals surface area contributed by atoms with Crippen molar-refractivity contribution in [3.63, 3.8) is 0 Å². The molecule has 0 bridgehead atoms. The summed E-state index contributed by atoms with van der Waals surface area (Å²) >= 11 is 0. The number of allylic oxidation sites excluding steroid dienone is 2. The zero-order chi connectivity index (χ0) is 27.7. The van der Waals surface area contributed by atoms with E-state index in [0.717, 1.165) is 62.4 Å². The highest BCUT2D eigenvalue weighted by Crippen LogP contribution is 2.45. The highest BCUT2D eigenvalue weighted by atomic mass is 16.5. The zero-order valence-electron chi connectivity index (χ0n) is 23.2. The molecule has 208 valence electrons. The number of likely N-dealkylation sites (tertiary alicyclic amines) is 1. The first-order valence-electron chi connectivity index (χ1n) is 13.9. The lowest BCUT2D eigenvalue weighted by atomic mass is 9.86. The quantitative estimate of drug-likeness (QED) is 0.321. The molecule has 0 unspecified atom stereocenters. The van der Waals surface area contributed by atoms with Gasteiger partial charge in [-0.1, -0.05) is 18.7 Å². The van der Waals surface area contributed by atoms with Crippen LogP contribution in [0.1, 0.15) is 31.4 Å². The number of methoxy groups -OCH3 is 1. The van der Waals surface area contributed by atoms with Crippen molar-refractivity contribution in [2.45, 2.75) is 44.2 Å². The molecule has 3 aliphatic rings. The van der Waals surface area contributed by atoms with E-state index >= 15 is 0 Å². The molecule has 1 spiro atoms. The Kier molecular flexibility index (Phi) is 7.02. The van der Waals surface area contributed by atoms with Crippen LogP contribution in [0.4, 0.5) is 23.0 Å². The van der Waals surface area contributed by atoms with Crippen LogP contribution in [-0.2, 0) is 17.8 Å². The Morgan fingerprint density at radius 2 is 2.05 bits per heavy atom. The van der Waals surface area contributed by atoms with Crippen molar-refractivity contribution in [2.24, 2.45) is 0 Å². The summed E-state index contributed by atoms with van der Waals surface area (Å²) in [6.45, 7) is 7.55. The van der Waals surface area contributed by atoms with Crippen LogP contribution in [-0.4, -0.2) is 69.9 Å². The van der Waals surface area contributed by atoms with Crippen LogP contribution in [0, 0.1) is 0 Å². The predicted octanol–water partition coefficient (Wildman–Crippen LogP) is 4.39. The average Bonchev–Trinajstić information content (AvgIpc) is 3.55. The number of nitrogens with zero attached hydrogens (tertiary/aromatic N) is 6. The topological polar surface area (TPSA) is 100 Å². The molecule has 2 saturated heterocycles. The normalized spacial score (nSPS) is 18.0. The fourth-order valence-corrected chi connectivity index (χ4v) is 6.16. The molecule has 10 nitrogen and oxygen atoms in total. The standard InChI is InChI=1S/C30H36N8O2/c1-4-5-10-28(39)33-23-16-24(27(40-3)17-26(23)37-19-30(20-37)12-8-14-36(30)2)35-29-31-13-11-22(34-29)21-18-32-38-15-7-6-9-25(21)38/h4-5,10-11,13,16-18H,1,6-9,12,14-15,19-20H2,2-3H3,(H,33,39)(H,31,34,35)/b10-5+. The molecule has 5 heterocycles. The second-order valence-electron chi connectivity index (χ2n) is 10.8. The minimum Gasteiger partial charge on any atom is -0.494 e. The molecule has 0 radical (unpaired) electrons. The molecule has 2 aromatic heterocycles. The van der Waals surface area contributed by atoms with E-state index in [1.165, 1.54) is 24.6 Å². The van der Waals surface area contributed by atoms with Gasteiger partial charge in [-0.05, 0) is 57.8 Å². The highest BCUT2D eigenvalue weighted by molar-refractivity contribution is 6.02. The van der Waals surface area contributed by atoms with E-state index in [1.807, 2.05) is 24.4 Å². The summed E-state index contributed by atoms with van der Waals surface area (Å²) < 4.78 is 7.89. The Labute approximate surface area is 234 Å². The van der Waals surface area contributed by atoms with Gasteiger partial charge in [0.25, 0.3) is 0 Å². The van der Waals surface area contributed by atoms with Gasteiger partial charge < -0.3 is 20.3 Å². The molecular formula is C30H36N8O2. The number of anilines is 4. The Morgan fingerprint density at radius 3 is 2.83 bits per heavy atom. The van der Waals surface area contributed by atoms with Crippen LogP contribution in [0.5, 0.6) is 5.75 Å². The number of nitrogens with one attached hydrogen (secondary N) is 2. The van der Waals surface area contributed by atoms with E-state index < -0.39 is 0 Å². The minimum absolute atomic E-state index is 0.204. The number of rotatable bonds is 8. The van der Waals surface area contributed by atoms with Gasteiger partial charge in [0.15, 0.2) is 0 Å². The number of fused-ring (bicyclic) bond motifs is 1. The maximum atomic E-state index is 12.7. The number of hydrogen-bond acceptors (Lipinski definition) is 8. The Hall–Kier alpha value is -4.18. The lowest BCUT2D eigenvalue weighted by molar-refractivity contribution is -0.111. The fourth-order valence-electron chi connectivity index (χ4n) is 6.16. The van der Waals surface area contributed by atoms with E-state index in [2.05, 4.69) is 48.8 Å². The van der Waals surface area contributed by atoms with Crippen LogP contribution in [0.3, 0.4) is 0 Å². The Morgan fingerprint density at radius 1 is 1.18 bits per heavy atom. The first kappa shape index (κ1) is 26.1. The molecule has 0 atom stereocenters. The van der Waals surface area contributed by atoms with Gasteiger partial charge in [-0.3, -0.25) is 14.4 Å².